The molecule has 0 aliphatic heterocycles. The number of nitrogens with zero attached hydrogens (tertiary/aromatic N) is 3. The molecule has 3 rings (SSSR count). The van der Waals surface area contributed by atoms with Crippen LogP contribution in [0, 0.1) is 0 Å². The molecule has 0 aliphatic rings. The predicted octanol–water partition coefficient (Wildman–Crippen LogP) is 4.39. The average molecular weight is 385 g/mol. The van der Waals surface area contributed by atoms with Crippen LogP contribution in [-0.2, 0) is 0 Å². The molecule has 2 aromatic carbocycles. The minimum Gasteiger partial charge on any atom is -0.481 e. The second-order valence-corrected chi connectivity index (χ2v) is 5.63. The number of hydrogen-bond donors (Lipinski definition) is 1. The van der Waals surface area contributed by atoms with Crippen LogP contribution in [0.2, 0.25) is 5.02 Å². The number of anilines is 1. The van der Waals surface area contributed by atoms with E-state index in [1.54, 1.807) is 24.4 Å². The number of ether oxygens (including phenoxy) is 3. The lowest BCUT2D eigenvalue weighted by Crippen LogP contribution is -1.99. The normalized spacial score (nSPS) is 10.6. The second kappa shape index (κ2) is 8.86. The summed E-state index contributed by atoms with van der Waals surface area (Å²) in [5.74, 6) is 1.20. The summed E-state index contributed by atoms with van der Waals surface area (Å²) < 4.78 is 16.1. The number of aromatic nitrogens is 2. The molecule has 0 spiro atoms. The van der Waals surface area contributed by atoms with Crippen molar-refractivity contribution in [3.8, 4) is 23.5 Å². The maximum absolute atomic E-state index is 6.10. The van der Waals surface area contributed by atoms with Crippen molar-refractivity contribution >= 4 is 23.5 Å². The van der Waals surface area contributed by atoms with Crippen LogP contribution in [0.4, 0.5) is 5.69 Å². The first-order valence-electron chi connectivity index (χ1n) is 7.97. The number of para-hydroxylation sites is 2. The number of halogens is 1. The second-order valence-electron chi connectivity index (χ2n) is 5.22. The van der Waals surface area contributed by atoms with Crippen molar-refractivity contribution in [2.24, 2.45) is 5.10 Å². The lowest BCUT2D eigenvalue weighted by atomic mass is 10.2. The molecule has 0 bridgehead atoms. The van der Waals surface area contributed by atoms with Crippen molar-refractivity contribution < 1.29 is 14.2 Å². The van der Waals surface area contributed by atoms with Gasteiger partial charge < -0.3 is 14.2 Å². The Balaban J connectivity index is 1.80. The summed E-state index contributed by atoms with van der Waals surface area (Å²) in [5, 5.41) is 4.79. The van der Waals surface area contributed by atoms with Crippen molar-refractivity contribution in [3.63, 3.8) is 0 Å². The van der Waals surface area contributed by atoms with Crippen molar-refractivity contribution in [1.29, 1.82) is 0 Å². The Morgan fingerprint density at radius 3 is 2.33 bits per heavy atom. The number of hydrogen-bond acceptors (Lipinski definition) is 7. The van der Waals surface area contributed by atoms with Crippen LogP contribution in [0.5, 0.6) is 23.5 Å². The van der Waals surface area contributed by atoms with Gasteiger partial charge in [0.05, 0.1) is 37.2 Å². The molecule has 1 heterocycles. The standard InChI is InChI=1S/C19H17ClN4O3/c1-25-17-11-18(26-2)23-19(22-17)27-16-10-6-3-7-13(16)12-21-24-15-9-5-4-8-14(15)20/h3-12,24H,1-2H3/b21-12+. The van der Waals surface area contributed by atoms with Gasteiger partial charge in [-0.05, 0) is 24.3 Å². The summed E-state index contributed by atoms with van der Waals surface area (Å²) in [6, 6.07) is 16.3. The van der Waals surface area contributed by atoms with Gasteiger partial charge in [-0.15, -0.1) is 0 Å². The number of methoxy groups -OCH3 is 2. The fourth-order valence-electron chi connectivity index (χ4n) is 2.14. The summed E-state index contributed by atoms with van der Waals surface area (Å²) in [6.45, 7) is 0. The van der Waals surface area contributed by atoms with E-state index in [4.69, 9.17) is 25.8 Å². The molecule has 0 saturated heterocycles. The lowest BCUT2D eigenvalue weighted by molar-refractivity contribution is 0.348. The first-order chi connectivity index (χ1) is 13.2. The minimum absolute atomic E-state index is 0.103. The summed E-state index contributed by atoms with van der Waals surface area (Å²) in [4.78, 5) is 8.33. The fourth-order valence-corrected chi connectivity index (χ4v) is 2.32. The molecule has 3 aromatic rings. The molecular formula is C19H17ClN4O3. The molecule has 8 heteroatoms. The van der Waals surface area contributed by atoms with Crippen molar-refractivity contribution in [2.45, 2.75) is 0 Å². The Kier molecular flexibility index (Phi) is 6.06. The summed E-state index contributed by atoms with van der Waals surface area (Å²) in [5.41, 5.74) is 4.33. The molecule has 0 unspecified atom stereocenters. The largest absolute Gasteiger partial charge is 0.481 e. The zero-order chi connectivity index (χ0) is 19.1. The maximum Gasteiger partial charge on any atom is 0.328 e. The van der Waals surface area contributed by atoms with E-state index < -0.39 is 0 Å². The molecule has 0 fully saturated rings. The molecule has 1 N–H and O–H groups in total. The first kappa shape index (κ1) is 18.5. The maximum atomic E-state index is 6.10. The van der Waals surface area contributed by atoms with Gasteiger partial charge in [-0.2, -0.15) is 15.1 Å². The van der Waals surface area contributed by atoms with Gasteiger partial charge in [0.2, 0.25) is 11.8 Å². The van der Waals surface area contributed by atoms with Crippen molar-refractivity contribution in [2.75, 3.05) is 19.6 Å². The van der Waals surface area contributed by atoms with Crippen LogP contribution < -0.4 is 19.6 Å². The van der Waals surface area contributed by atoms with E-state index >= 15 is 0 Å². The van der Waals surface area contributed by atoms with E-state index in [1.165, 1.54) is 14.2 Å². The molecule has 0 atom stereocenters. The highest BCUT2D eigenvalue weighted by Crippen LogP contribution is 2.26. The highest BCUT2D eigenvalue weighted by molar-refractivity contribution is 6.33. The molecule has 7 nitrogen and oxygen atoms in total. The fraction of sp³-hybridized carbons (Fsp3) is 0.105. The van der Waals surface area contributed by atoms with E-state index in [0.717, 1.165) is 5.56 Å². The van der Waals surface area contributed by atoms with Gasteiger partial charge in [-0.3, -0.25) is 5.43 Å². The number of rotatable bonds is 7. The molecule has 138 valence electrons. The van der Waals surface area contributed by atoms with E-state index in [0.29, 0.717) is 28.2 Å². The SMILES string of the molecule is COc1cc(OC)nc(Oc2ccccc2/C=N/Nc2ccccc2Cl)n1. The minimum atomic E-state index is 0.103. The van der Waals surface area contributed by atoms with E-state index in [1.807, 2.05) is 36.4 Å². The molecule has 1 aromatic heterocycles. The molecule has 0 amide bonds. The quantitative estimate of drug-likeness (QED) is 0.481. The van der Waals surface area contributed by atoms with Gasteiger partial charge in [0.1, 0.15) is 5.75 Å². The zero-order valence-corrected chi connectivity index (χ0v) is 15.5. The van der Waals surface area contributed by atoms with Gasteiger partial charge in [-0.25, -0.2) is 0 Å². The van der Waals surface area contributed by atoms with Gasteiger partial charge in [-0.1, -0.05) is 35.9 Å². The average Bonchev–Trinajstić information content (AvgIpc) is 2.70. The predicted molar refractivity (Wildman–Crippen MR) is 104 cm³/mol. The van der Waals surface area contributed by atoms with Gasteiger partial charge in [0.15, 0.2) is 0 Å². The zero-order valence-electron chi connectivity index (χ0n) is 14.7. The van der Waals surface area contributed by atoms with Crippen LogP contribution in [0.15, 0.2) is 59.7 Å². The third-order valence-corrected chi connectivity index (χ3v) is 3.79. The van der Waals surface area contributed by atoms with Crippen molar-refractivity contribution in [1.82, 2.24) is 9.97 Å². The van der Waals surface area contributed by atoms with Crippen LogP contribution in [0.3, 0.4) is 0 Å². The molecule has 0 aliphatic carbocycles. The van der Waals surface area contributed by atoms with Crippen LogP contribution in [0.25, 0.3) is 0 Å². The van der Waals surface area contributed by atoms with Gasteiger partial charge >= 0.3 is 6.01 Å². The lowest BCUT2D eigenvalue weighted by Gasteiger charge is -2.09. The Labute approximate surface area is 161 Å². The molecular weight excluding hydrogens is 368 g/mol. The number of benzene rings is 2. The molecule has 27 heavy (non-hydrogen) atoms. The topological polar surface area (TPSA) is 77.9 Å². The van der Waals surface area contributed by atoms with Crippen LogP contribution >= 0.6 is 11.6 Å². The summed E-state index contributed by atoms with van der Waals surface area (Å²) >= 11 is 6.10. The molecule has 0 saturated carbocycles. The number of hydrazone groups is 1. The van der Waals surface area contributed by atoms with Gasteiger partial charge in [0.25, 0.3) is 0 Å². The van der Waals surface area contributed by atoms with E-state index in [2.05, 4.69) is 20.5 Å². The highest BCUT2D eigenvalue weighted by Gasteiger charge is 2.09. The smallest absolute Gasteiger partial charge is 0.328 e. The van der Waals surface area contributed by atoms with Crippen molar-refractivity contribution in [3.05, 3.63) is 65.2 Å². The monoisotopic (exact) mass is 384 g/mol. The van der Waals surface area contributed by atoms with Gasteiger partial charge in [0, 0.05) is 5.56 Å². The Morgan fingerprint density at radius 1 is 0.963 bits per heavy atom. The Bertz CT molecular complexity index is 927. The highest BCUT2D eigenvalue weighted by atomic mass is 35.5. The van der Waals surface area contributed by atoms with E-state index in [9.17, 15) is 0 Å². The Morgan fingerprint density at radius 2 is 1.63 bits per heavy atom. The summed E-state index contributed by atoms with van der Waals surface area (Å²) in [6.07, 6.45) is 1.62. The molecule has 0 radical (unpaired) electrons. The van der Waals surface area contributed by atoms with Crippen LogP contribution in [0.1, 0.15) is 5.56 Å². The third kappa shape index (κ3) is 4.86. The summed E-state index contributed by atoms with van der Waals surface area (Å²) in [7, 11) is 3.01. The Hall–Kier alpha value is -3.32. The number of nitrogens with one attached hydrogen (secondary N) is 1. The third-order valence-electron chi connectivity index (χ3n) is 3.46. The van der Waals surface area contributed by atoms with E-state index in [-0.39, 0.29) is 6.01 Å². The van der Waals surface area contributed by atoms with Crippen LogP contribution in [-0.4, -0.2) is 30.4 Å². The first-order valence-corrected chi connectivity index (χ1v) is 8.35.